The number of hydrogen-bond donors (Lipinski definition) is 3. The van der Waals surface area contributed by atoms with Crippen molar-refractivity contribution < 1.29 is 14.4 Å². The van der Waals surface area contributed by atoms with Gasteiger partial charge in [0, 0.05) is 6.04 Å². The number of nitrogens with one attached hydrogen (secondary N) is 3. The Kier molecular flexibility index (Phi) is 3.95. The zero-order valence-corrected chi connectivity index (χ0v) is 14.0. The Morgan fingerprint density at radius 2 is 2.00 bits per heavy atom. The zero-order chi connectivity index (χ0) is 17.4. The summed E-state index contributed by atoms with van der Waals surface area (Å²) in [6.45, 7) is 1.51. The summed E-state index contributed by atoms with van der Waals surface area (Å²) in [6, 6.07) is 7.30. The Balaban J connectivity index is 1.48. The van der Waals surface area contributed by atoms with Gasteiger partial charge >= 0.3 is 6.03 Å². The maximum atomic E-state index is 13.0. The highest BCUT2D eigenvalue weighted by atomic mass is 16.2. The highest BCUT2D eigenvalue weighted by molar-refractivity contribution is 6.09. The van der Waals surface area contributed by atoms with Gasteiger partial charge in [-0.05, 0) is 49.9 Å². The van der Waals surface area contributed by atoms with Crippen molar-refractivity contribution >= 4 is 17.8 Å². The maximum absolute atomic E-state index is 13.0. The van der Waals surface area contributed by atoms with E-state index in [0.717, 1.165) is 48.4 Å². The molecule has 2 heterocycles. The van der Waals surface area contributed by atoms with Crippen molar-refractivity contribution in [3.63, 3.8) is 0 Å². The minimum atomic E-state index is -0.997. The van der Waals surface area contributed by atoms with Crippen molar-refractivity contribution in [1.82, 2.24) is 20.9 Å². The lowest BCUT2D eigenvalue weighted by molar-refractivity contribution is -0.135. The van der Waals surface area contributed by atoms with E-state index >= 15 is 0 Å². The molecule has 2 saturated heterocycles. The summed E-state index contributed by atoms with van der Waals surface area (Å²) in [4.78, 5) is 38.7. The van der Waals surface area contributed by atoms with Crippen LogP contribution in [0, 0.1) is 0 Å². The number of carbonyl (C=O) groups is 3. The number of benzene rings is 1. The lowest BCUT2D eigenvalue weighted by Crippen LogP contribution is -2.48. The third-order valence-corrected chi connectivity index (χ3v) is 5.43. The second kappa shape index (κ2) is 6.15. The monoisotopic (exact) mass is 342 g/mol. The fourth-order valence-corrected chi connectivity index (χ4v) is 4.12. The normalized spacial score (nSPS) is 26.0. The highest BCUT2D eigenvalue weighted by Crippen LogP contribution is 2.41. The van der Waals surface area contributed by atoms with Crippen LogP contribution in [-0.2, 0) is 21.5 Å². The molecule has 1 aliphatic carbocycles. The van der Waals surface area contributed by atoms with Crippen molar-refractivity contribution in [2.24, 2.45) is 0 Å². The SMILES string of the molecule is O=C(CN1C(=O)NC2(CCc3ccccc32)C1=O)NC1CCNCC1. The van der Waals surface area contributed by atoms with E-state index in [9.17, 15) is 14.4 Å². The van der Waals surface area contributed by atoms with Gasteiger partial charge in [0.15, 0.2) is 0 Å². The van der Waals surface area contributed by atoms with Crippen LogP contribution >= 0.6 is 0 Å². The second-order valence-electron chi connectivity index (χ2n) is 6.98. The predicted molar refractivity (Wildman–Crippen MR) is 90.7 cm³/mol. The molecule has 2 aliphatic heterocycles. The molecule has 1 atom stereocenters. The fraction of sp³-hybridized carbons (Fsp3) is 0.500. The van der Waals surface area contributed by atoms with Crippen LogP contribution in [0.5, 0.6) is 0 Å². The van der Waals surface area contributed by atoms with Gasteiger partial charge in [-0.25, -0.2) is 4.79 Å². The number of nitrogens with zero attached hydrogens (tertiary/aromatic N) is 1. The van der Waals surface area contributed by atoms with Gasteiger partial charge in [0.25, 0.3) is 5.91 Å². The van der Waals surface area contributed by atoms with E-state index in [-0.39, 0.29) is 24.4 Å². The minimum absolute atomic E-state index is 0.107. The van der Waals surface area contributed by atoms with E-state index in [1.54, 1.807) is 0 Å². The molecule has 0 aromatic heterocycles. The number of hydrogen-bond acceptors (Lipinski definition) is 4. The first-order valence-electron chi connectivity index (χ1n) is 8.83. The first kappa shape index (κ1) is 16.1. The minimum Gasteiger partial charge on any atom is -0.352 e. The molecule has 132 valence electrons. The van der Waals surface area contributed by atoms with Crippen molar-refractivity contribution in [2.45, 2.75) is 37.3 Å². The van der Waals surface area contributed by atoms with Gasteiger partial charge in [0.05, 0.1) is 0 Å². The largest absolute Gasteiger partial charge is 0.352 e. The lowest BCUT2D eigenvalue weighted by Gasteiger charge is -2.25. The first-order valence-corrected chi connectivity index (χ1v) is 8.83. The molecular weight excluding hydrogens is 320 g/mol. The summed E-state index contributed by atoms with van der Waals surface area (Å²) < 4.78 is 0. The van der Waals surface area contributed by atoms with Gasteiger partial charge in [0.1, 0.15) is 12.1 Å². The van der Waals surface area contributed by atoms with E-state index in [0.29, 0.717) is 6.42 Å². The van der Waals surface area contributed by atoms with Crippen LogP contribution in [0.2, 0.25) is 0 Å². The van der Waals surface area contributed by atoms with Crippen LogP contribution in [0.25, 0.3) is 0 Å². The standard InChI is InChI=1S/C18H22N4O3/c23-15(20-13-6-9-19-10-7-13)11-22-16(24)18(21-17(22)25)8-5-12-3-1-2-4-14(12)18/h1-4,13,19H,5-11H2,(H,20,23)(H,21,25). The average Bonchev–Trinajstić information content (AvgIpc) is 3.10. The van der Waals surface area contributed by atoms with Crippen molar-refractivity contribution in [3.05, 3.63) is 35.4 Å². The molecule has 3 aliphatic rings. The average molecular weight is 342 g/mol. The topological polar surface area (TPSA) is 90.5 Å². The summed E-state index contributed by atoms with van der Waals surface area (Å²) in [5.41, 5.74) is 0.940. The maximum Gasteiger partial charge on any atom is 0.325 e. The van der Waals surface area contributed by atoms with Gasteiger partial charge in [0.2, 0.25) is 5.91 Å². The molecule has 0 bridgehead atoms. The molecule has 7 heteroatoms. The molecule has 1 aromatic carbocycles. The van der Waals surface area contributed by atoms with E-state index in [4.69, 9.17) is 0 Å². The van der Waals surface area contributed by atoms with Crippen LogP contribution in [0.3, 0.4) is 0 Å². The van der Waals surface area contributed by atoms with Crippen LogP contribution in [-0.4, -0.2) is 48.4 Å². The molecule has 1 aromatic rings. The quantitative estimate of drug-likeness (QED) is 0.687. The van der Waals surface area contributed by atoms with Crippen LogP contribution in [0.4, 0.5) is 4.79 Å². The van der Waals surface area contributed by atoms with Crippen LogP contribution < -0.4 is 16.0 Å². The molecule has 0 radical (unpaired) electrons. The summed E-state index contributed by atoms with van der Waals surface area (Å²) in [5, 5.41) is 9.01. The molecule has 0 saturated carbocycles. The molecule has 1 unspecified atom stereocenters. The number of carbonyl (C=O) groups excluding carboxylic acids is 3. The lowest BCUT2D eigenvalue weighted by atomic mass is 9.92. The highest BCUT2D eigenvalue weighted by Gasteiger charge is 2.55. The van der Waals surface area contributed by atoms with E-state index in [2.05, 4.69) is 16.0 Å². The zero-order valence-electron chi connectivity index (χ0n) is 14.0. The van der Waals surface area contributed by atoms with E-state index in [1.807, 2.05) is 24.3 Å². The number of fused-ring (bicyclic) bond motifs is 2. The Hall–Kier alpha value is -2.41. The molecule has 25 heavy (non-hydrogen) atoms. The van der Waals surface area contributed by atoms with Crippen LogP contribution in [0.15, 0.2) is 24.3 Å². The number of imide groups is 1. The Labute approximate surface area is 146 Å². The number of aryl methyl sites for hydroxylation is 1. The molecule has 4 rings (SSSR count). The second-order valence-corrected chi connectivity index (χ2v) is 6.98. The van der Waals surface area contributed by atoms with Crippen LogP contribution in [0.1, 0.15) is 30.4 Å². The Morgan fingerprint density at radius 1 is 1.24 bits per heavy atom. The number of urea groups is 1. The van der Waals surface area contributed by atoms with Crippen molar-refractivity contribution in [1.29, 1.82) is 0 Å². The van der Waals surface area contributed by atoms with Crippen molar-refractivity contribution in [3.8, 4) is 0 Å². The third-order valence-electron chi connectivity index (χ3n) is 5.43. The van der Waals surface area contributed by atoms with E-state index in [1.165, 1.54) is 0 Å². The van der Waals surface area contributed by atoms with Gasteiger partial charge in [-0.1, -0.05) is 24.3 Å². The molecule has 4 amide bonds. The smallest absolute Gasteiger partial charge is 0.325 e. The van der Waals surface area contributed by atoms with Gasteiger partial charge in [-0.2, -0.15) is 0 Å². The number of amides is 4. The number of piperidine rings is 1. The molecule has 3 N–H and O–H groups in total. The summed E-state index contributed by atoms with van der Waals surface area (Å²) in [7, 11) is 0. The Bertz CT molecular complexity index is 729. The van der Waals surface area contributed by atoms with Gasteiger partial charge < -0.3 is 16.0 Å². The van der Waals surface area contributed by atoms with E-state index < -0.39 is 11.6 Å². The van der Waals surface area contributed by atoms with Gasteiger partial charge in [-0.3, -0.25) is 14.5 Å². The first-order chi connectivity index (χ1) is 12.1. The van der Waals surface area contributed by atoms with Gasteiger partial charge in [-0.15, -0.1) is 0 Å². The summed E-state index contributed by atoms with van der Waals surface area (Å²) in [5.74, 6) is -0.596. The molecule has 1 spiro atoms. The molecule has 7 nitrogen and oxygen atoms in total. The molecular formula is C18H22N4O3. The Morgan fingerprint density at radius 3 is 2.80 bits per heavy atom. The van der Waals surface area contributed by atoms with Crippen molar-refractivity contribution in [2.75, 3.05) is 19.6 Å². The summed E-state index contributed by atoms with van der Waals surface area (Å²) in [6.07, 6.45) is 3.02. The third kappa shape index (κ3) is 2.68. The predicted octanol–water partition coefficient (Wildman–Crippen LogP) is 0.248. The fourth-order valence-electron chi connectivity index (χ4n) is 4.12. The molecule has 2 fully saturated rings. The number of rotatable bonds is 3. The summed E-state index contributed by atoms with van der Waals surface area (Å²) >= 11 is 0.